The summed E-state index contributed by atoms with van der Waals surface area (Å²) < 4.78 is 11.5. The zero-order valence-electron chi connectivity index (χ0n) is 20.6. The van der Waals surface area contributed by atoms with Crippen molar-refractivity contribution >= 4 is 40.2 Å². The molecule has 1 heterocycles. The smallest absolute Gasteiger partial charge is 0.271 e. The molecule has 5 rings (SSSR count). The Hall–Kier alpha value is -4.03. The van der Waals surface area contributed by atoms with Crippen LogP contribution < -0.4 is 19.8 Å². The zero-order valence-corrected chi connectivity index (χ0v) is 21.4. The van der Waals surface area contributed by atoms with Gasteiger partial charge in [-0.15, -0.1) is 0 Å². The highest BCUT2D eigenvalue weighted by molar-refractivity contribution is 6.32. The van der Waals surface area contributed by atoms with Crippen molar-refractivity contribution in [3.8, 4) is 11.5 Å². The number of ether oxygens (including phenoxy) is 2. The summed E-state index contributed by atoms with van der Waals surface area (Å²) in [6, 6.07) is 25.5. The van der Waals surface area contributed by atoms with Crippen molar-refractivity contribution in [3.63, 3.8) is 0 Å². The molecule has 4 aromatic rings. The highest BCUT2D eigenvalue weighted by Crippen LogP contribution is 2.36. The molecule has 1 aliphatic heterocycles. The number of halogens is 1. The predicted octanol–water partition coefficient (Wildman–Crippen LogP) is 6.44. The van der Waals surface area contributed by atoms with E-state index in [2.05, 4.69) is 39.7 Å². The summed E-state index contributed by atoms with van der Waals surface area (Å²) in [4.78, 5) is 14.8. The number of benzene rings is 4. The maximum atomic E-state index is 12.5. The van der Waals surface area contributed by atoms with E-state index in [9.17, 15) is 4.79 Å². The first-order valence-electron chi connectivity index (χ1n) is 12.3. The number of hydrogen-bond donors (Lipinski definition) is 1. The molecular weight excluding hydrogens is 486 g/mol. The Balaban J connectivity index is 1.22. The normalized spacial score (nSPS) is 13.3. The first-order valence-corrected chi connectivity index (χ1v) is 12.6. The molecule has 0 aromatic heterocycles. The van der Waals surface area contributed by atoms with Crippen LogP contribution >= 0.6 is 11.6 Å². The molecule has 1 saturated heterocycles. The van der Waals surface area contributed by atoms with Crippen LogP contribution in [0.2, 0.25) is 5.02 Å². The maximum absolute atomic E-state index is 12.5. The van der Waals surface area contributed by atoms with E-state index in [-0.39, 0.29) is 5.91 Å². The van der Waals surface area contributed by atoms with Crippen LogP contribution in [0.5, 0.6) is 11.5 Å². The van der Waals surface area contributed by atoms with Crippen LogP contribution in [0.4, 0.5) is 5.69 Å². The second-order valence-corrected chi connectivity index (χ2v) is 9.35. The third kappa shape index (κ3) is 5.87. The van der Waals surface area contributed by atoms with Crippen molar-refractivity contribution in [3.05, 3.63) is 101 Å². The maximum Gasteiger partial charge on any atom is 0.271 e. The standard InChI is InChI=1S/C30H28ClN3O3/c1-36-28-18-22(19-32-33-30(35)24-10-12-26(13-11-24)34-14-4-5-15-34)17-27(31)29(28)37-20-21-8-9-23-6-2-3-7-25(23)16-21/h2-3,6-13,16-19H,4-5,14-15,20H2,1H3,(H,33,35)/b32-19-. The Kier molecular flexibility index (Phi) is 7.57. The Labute approximate surface area is 221 Å². The fraction of sp³-hybridized carbons (Fsp3) is 0.200. The number of rotatable bonds is 8. The van der Waals surface area contributed by atoms with Gasteiger partial charge in [0.2, 0.25) is 0 Å². The number of hydrazone groups is 1. The van der Waals surface area contributed by atoms with Gasteiger partial charge >= 0.3 is 0 Å². The third-order valence-electron chi connectivity index (χ3n) is 6.43. The SMILES string of the molecule is COc1cc(/C=N\NC(=O)c2ccc(N3CCCC3)cc2)cc(Cl)c1OCc1ccc2ccccc2c1. The van der Waals surface area contributed by atoms with E-state index in [4.69, 9.17) is 21.1 Å². The number of amides is 1. The number of nitrogens with one attached hydrogen (secondary N) is 1. The molecule has 1 N–H and O–H groups in total. The molecule has 0 bridgehead atoms. The Bertz CT molecular complexity index is 1430. The van der Waals surface area contributed by atoms with Crippen molar-refractivity contribution in [1.82, 2.24) is 5.43 Å². The van der Waals surface area contributed by atoms with Crippen LogP contribution in [0.25, 0.3) is 10.8 Å². The monoisotopic (exact) mass is 513 g/mol. The minimum atomic E-state index is -0.280. The molecule has 7 heteroatoms. The van der Waals surface area contributed by atoms with E-state index < -0.39 is 0 Å². The van der Waals surface area contributed by atoms with Gasteiger partial charge in [-0.2, -0.15) is 5.10 Å². The van der Waals surface area contributed by atoms with Gasteiger partial charge in [0.25, 0.3) is 5.91 Å². The van der Waals surface area contributed by atoms with Gasteiger partial charge in [-0.25, -0.2) is 5.43 Å². The average Bonchev–Trinajstić information content (AvgIpc) is 3.47. The molecule has 0 atom stereocenters. The first-order chi connectivity index (χ1) is 18.1. The summed E-state index contributed by atoms with van der Waals surface area (Å²) in [5.74, 6) is 0.660. The third-order valence-corrected chi connectivity index (χ3v) is 6.71. The van der Waals surface area contributed by atoms with E-state index in [1.807, 2.05) is 42.5 Å². The molecule has 1 aliphatic rings. The number of carbonyl (C=O) groups is 1. The zero-order chi connectivity index (χ0) is 25.6. The average molecular weight is 514 g/mol. The van der Waals surface area contributed by atoms with E-state index in [0.717, 1.165) is 29.7 Å². The predicted molar refractivity (Wildman–Crippen MR) is 149 cm³/mol. The molecular formula is C30H28ClN3O3. The lowest BCUT2D eigenvalue weighted by Gasteiger charge is -2.17. The van der Waals surface area contributed by atoms with E-state index in [0.29, 0.717) is 34.3 Å². The molecule has 1 amide bonds. The van der Waals surface area contributed by atoms with Crippen molar-refractivity contribution in [2.45, 2.75) is 19.4 Å². The molecule has 188 valence electrons. The number of fused-ring (bicyclic) bond motifs is 1. The van der Waals surface area contributed by atoms with Gasteiger partial charge in [-0.1, -0.05) is 48.0 Å². The molecule has 0 aliphatic carbocycles. The lowest BCUT2D eigenvalue weighted by atomic mass is 10.1. The van der Waals surface area contributed by atoms with Crippen molar-refractivity contribution in [2.24, 2.45) is 5.10 Å². The summed E-state index contributed by atoms with van der Waals surface area (Å²) in [5, 5.41) is 6.82. The van der Waals surface area contributed by atoms with Gasteiger partial charge in [0, 0.05) is 24.3 Å². The molecule has 1 fully saturated rings. The highest BCUT2D eigenvalue weighted by Gasteiger charge is 2.14. The van der Waals surface area contributed by atoms with Crippen LogP contribution in [-0.4, -0.2) is 32.3 Å². The van der Waals surface area contributed by atoms with Gasteiger partial charge in [0.1, 0.15) is 6.61 Å². The van der Waals surface area contributed by atoms with Crippen LogP contribution in [0.15, 0.2) is 84.0 Å². The van der Waals surface area contributed by atoms with Crippen LogP contribution in [-0.2, 0) is 6.61 Å². The number of nitrogens with zero attached hydrogens (tertiary/aromatic N) is 2. The molecule has 0 radical (unpaired) electrons. The molecule has 37 heavy (non-hydrogen) atoms. The summed E-state index contributed by atoms with van der Waals surface area (Å²) in [7, 11) is 1.56. The lowest BCUT2D eigenvalue weighted by molar-refractivity contribution is 0.0955. The molecule has 0 saturated carbocycles. The quantitative estimate of drug-likeness (QED) is 0.217. The van der Waals surface area contributed by atoms with Gasteiger partial charge in [-0.05, 0) is 77.2 Å². The van der Waals surface area contributed by atoms with Crippen LogP contribution in [0.3, 0.4) is 0 Å². The minimum Gasteiger partial charge on any atom is -0.493 e. The van der Waals surface area contributed by atoms with Gasteiger partial charge in [-0.3, -0.25) is 4.79 Å². The second kappa shape index (κ2) is 11.4. The lowest BCUT2D eigenvalue weighted by Crippen LogP contribution is -2.19. The Morgan fingerprint density at radius 1 is 1.00 bits per heavy atom. The van der Waals surface area contributed by atoms with Crippen LogP contribution in [0, 0.1) is 0 Å². The van der Waals surface area contributed by atoms with E-state index in [1.165, 1.54) is 24.4 Å². The second-order valence-electron chi connectivity index (χ2n) is 8.94. The molecule has 4 aromatic carbocycles. The first kappa shape index (κ1) is 24.7. The van der Waals surface area contributed by atoms with E-state index in [1.54, 1.807) is 19.2 Å². The van der Waals surface area contributed by atoms with Gasteiger partial charge in [0.05, 0.1) is 18.3 Å². The minimum absolute atomic E-state index is 0.280. The summed E-state index contributed by atoms with van der Waals surface area (Å²) >= 11 is 6.52. The highest BCUT2D eigenvalue weighted by atomic mass is 35.5. The number of carbonyl (C=O) groups excluding carboxylic acids is 1. The summed E-state index contributed by atoms with van der Waals surface area (Å²) in [5.41, 5.74) is 5.96. The number of hydrogen-bond acceptors (Lipinski definition) is 5. The number of anilines is 1. The van der Waals surface area contributed by atoms with Gasteiger partial charge in [0.15, 0.2) is 11.5 Å². The summed E-state index contributed by atoms with van der Waals surface area (Å²) in [6.45, 7) is 2.48. The molecule has 6 nitrogen and oxygen atoms in total. The van der Waals surface area contributed by atoms with Crippen LogP contribution in [0.1, 0.15) is 34.3 Å². The van der Waals surface area contributed by atoms with Crippen molar-refractivity contribution in [1.29, 1.82) is 0 Å². The fourth-order valence-electron chi connectivity index (χ4n) is 4.47. The number of methoxy groups -OCH3 is 1. The Morgan fingerprint density at radius 2 is 1.76 bits per heavy atom. The topological polar surface area (TPSA) is 63.2 Å². The van der Waals surface area contributed by atoms with Crippen molar-refractivity contribution < 1.29 is 14.3 Å². The fourth-order valence-corrected chi connectivity index (χ4v) is 4.74. The van der Waals surface area contributed by atoms with E-state index >= 15 is 0 Å². The largest absolute Gasteiger partial charge is 0.493 e. The van der Waals surface area contributed by atoms with Crippen molar-refractivity contribution in [2.75, 3.05) is 25.1 Å². The summed E-state index contributed by atoms with van der Waals surface area (Å²) in [6.07, 6.45) is 3.95. The Morgan fingerprint density at radius 3 is 2.51 bits per heavy atom. The molecule has 0 spiro atoms. The molecule has 0 unspecified atom stereocenters. The van der Waals surface area contributed by atoms with Gasteiger partial charge < -0.3 is 14.4 Å².